The summed E-state index contributed by atoms with van der Waals surface area (Å²) in [6, 6.07) is 2.56. The van der Waals surface area contributed by atoms with Crippen molar-refractivity contribution in [1.29, 1.82) is 0 Å². The van der Waals surface area contributed by atoms with Crippen LogP contribution in [-0.2, 0) is 6.54 Å². The highest BCUT2D eigenvalue weighted by Gasteiger charge is 2.11. The van der Waals surface area contributed by atoms with Gasteiger partial charge >= 0.3 is 0 Å². The Morgan fingerprint density at radius 1 is 1.38 bits per heavy atom. The van der Waals surface area contributed by atoms with Gasteiger partial charge in [0, 0.05) is 24.7 Å². The SMILES string of the molecule is CC(C)CC(CN(C)C)NCc1ccoc1. The van der Waals surface area contributed by atoms with Gasteiger partial charge in [0.1, 0.15) is 0 Å². The van der Waals surface area contributed by atoms with Crippen molar-refractivity contribution in [2.45, 2.75) is 32.9 Å². The number of nitrogens with one attached hydrogen (secondary N) is 1. The third kappa shape index (κ3) is 5.33. The lowest BCUT2D eigenvalue weighted by Crippen LogP contribution is -2.38. The predicted molar refractivity (Wildman–Crippen MR) is 67.3 cm³/mol. The highest BCUT2D eigenvalue weighted by Crippen LogP contribution is 2.07. The molecule has 0 fully saturated rings. The summed E-state index contributed by atoms with van der Waals surface area (Å²) in [6.07, 6.45) is 4.73. The summed E-state index contributed by atoms with van der Waals surface area (Å²) < 4.78 is 5.06. The molecule has 92 valence electrons. The van der Waals surface area contributed by atoms with Crippen LogP contribution in [0, 0.1) is 5.92 Å². The van der Waals surface area contributed by atoms with E-state index in [2.05, 4.69) is 38.2 Å². The maximum Gasteiger partial charge on any atom is 0.0947 e. The molecule has 1 N–H and O–H groups in total. The molecule has 0 aliphatic carbocycles. The summed E-state index contributed by atoms with van der Waals surface area (Å²) in [4.78, 5) is 2.23. The molecule has 0 aliphatic heterocycles. The fourth-order valence-corrected chi connectivity index (χ4v) is 1.89. The summed E-state index contributed by atoms with van der Waals surface area (Å²) in [5, 5.41) is 3.58. The average molecular weight is 224 g/mol. The van der Waals surface area contributed by atoms with Crippen LogP contribution in [0.4, 0.5) is 0 Å². The van der Waals surface area contributed by atoms with Crippen LogP contribution in [0.3, 0.4) is 0 Å². The van der Waals surface area contributed by atoms with E-state index in [0.717, 1.165) is 19.0 Å². The molecule has 1 heterocycles. The van der Waals surface area contributed by atoms with Gasteiger partial charge in [0.25, 0.3) is 0 Å². The van der Waals surface area contributed by atoms with Gasteiger partial charge < -0.3 is 14.6 Å². The van der Waals surface area contributed by atoms with Gasteiger partial charge in [0.05, 0.1) is 12.5 Å². The Kier molecular flexibility index (Phi) is 5.56. The van der Waals surface area contributed by atoms with Crippen LogP contribution in [0.1, 0.15) is 25.8 Å². The lowest BCUT2D eigenvalue weighted by molar-refractivity contribution is 0.305. The summed E-state index contributed by atoms with van der Waals surface area (Å²) in [5.41, 5.74) is 1.22. The highest BCUT2D eigenvalue weighted by molar-refractivity contribution is 5.04. The molecule has 1 rings (SSSR count). The molecule has 0 spiro atoms. The smallest absolute Gasteiger partial charge is 0.0947 e. The lowest BCUT2D eigenvalue weighted by atomic mass is 10.0. The molecule has 1 aromatic rings. The number of hydrogen-bond donors (Lipinski definition) is 1. The Hall–Kier alpha value is -0.800. The monoisotopic (exact) mass is 224 g/mol. The van der Waals surface area contributed by atoms with E-state index in [9.17, 15) is 0 Å². The molecule has 0 bridgehead atoms. The summed E-state index contributed by atoms with van der Waals surface area (Å²) in [6.45, 7) is 6.50. The molecule has 0 aromatic carbocycles. The molecule has 0 radical (unpaired) electrons. The first-order valence-corrected chi connectivity index (χ1v) is 5.97. The zero-order chi connectivity index (χ0) is 12.0. The van der Waals surface area contributed by atoms with Gasteiger partial charge in [-0.15, -0.1) is 0 Å². The Morgan fingerprint density at radius 2 is 2.12 bits per heavy atom. The second-order valence-corrected chi connectivity index (χ2v) is 5.10. The molecule has 1 aromatic heterocycles. The third-order valence-corrected chi connectivity index (χ3v) is 2.52. The maximum atomic E-state index is 5.06. The van der Waals surface area contributed by atoms with Gasteiger partial charge in [-0.05, 0) is 32.5 Å². The molecule has 1 unspecified atom stereocenters. The minimum atomic E-state index is 0.546. The van der Waals surface area contributed by atoms with E-state index in [0.29, 0.717) is 6.04 Å². The van der Waals surface area contributed by atoms with E-state index in [1.54, 1.807) is 12.5 Å². The van der Waals surface area contributed by atoms with E-state index < -0.39 is 0 Å². The third-order valence-electron chi connectivity index (χ3n) is 2.52. The van der Waals surface area contributed by atoms with Crippen LogP contribution in [-0.4, -0.2) is 31.6 Å². The normalized spacial score (nSPS) is 13.6. The summed E-state index contributed by atoms with van der Waals surface area (Å²) in [7, 11) is 4.24. The number of rotatable bonds is 7. The van der Waals surface area contributed by atoms with Crippen molar-refractivity contribution < 1.29 is 4.42 Å². The van der Waals surface area contributed by atoms with Crippen LogP contribution in [0.15, 0.2) is 23.0 Å². The molecule has 16 heavy (non-hydrogen) atoms. The van der Waals surface area contributed by atoms with Crippen LogP contribution in [0.2, 0.25) is 0 Å². The Labute approximate surface area is 98.8 Å². The van der Waals surface area contributed by atoms with Crippen molar-refractivity contribution in [2.24, 2.45) is 5.92 Å². The van der Waals surface area contributed by atoms with E-state index in [4.69, 9.17) is 4.42 Å². The zero-order valence-electron chi connectivity index (χ0n) is 10.9. The van der Waals surface area contributed by atoms with E-state index in [1.165, 1.54) is 12.0 Å². The Balaban J connectivity index is 2.37. The first-order valence-electron chi connectivity index (χ1n) is 5.97. The molecular weight excluding hydrogens is 200 g/mol. The molecule has 3 nitrogen and oxygen atoms in total. The molecule has 0 saturated heterocycles. The minimum absolute atomic E-state index is 0.546. The molecule has 0 aliphatic rings. The Morgan fingerprint density at radius 3 is 2.62 bits per heavy atom. The minimum Gasteiger partial charge on any atom is -0.472 e. The van der Waals surface area contributed by atoms with E-state index in [1.807, 2.05) is 6.07 Å². The van der Waals surface area contributed by atoms with Crippen molar-refractivity contribution in [1.82, 2.24) is 10.2 Å². The Bertz CT molecular complexity index is 257. The quantitative estimate of drug-likeness (QED) is 0.770. The summed E-state index contributed by atoms with van der Waals surface area (Å²) in [5.74, 6) is 0.724. The molecular formula is C13H24N2O. The second kappa shape index (κ2) is 6.71. The number of furan rings is 1. The standard InChI is InChI=1S/C13H24N2O/c1-11(2)7-13(9-15(3)4)14-8-12-5-6-16-10-12/h5-6,10-11,13-14H,7-9H2,1-4H3. The van der Waals surface area contributed by atoms with E-state index >= 15 is 0 Å². The van der Waals surface area contributed by atoms with Crippen LogP contribution >= 0.6 is 0 Å². The van der Waals surface area contributed by atoms with Gasteiger partial charge in [0.15, 0.2) is 0 Å². The molecule has 1 atom stereocenters. The zero-order valence-corrected chi connectivity index (χ0v) is 10.9. The van der Waals surface area contributed by atoms with Crippen molar-refractivity contribution >= 4 is 0 Å². The number of likely N-dealkylation sites (N-methyl/N-ethyl adjacent to an activating group) is 1. The number of hydrogen-bond acceptors (Lipinski definition) is 3. The highest BCUT2D eigenvalue weighted by atomic mass is 16.3. The fourth-order valence-electron chi connectivity index (χ4n) is 1.89. The van der Waals surface area contributed by atoms with Gasteiger partial charge in [-0.3, -0.25) is 0 Å². The van der Waals surface area contributed by atoms with Gasteiger partial charge in [0.2, 0.25) is 0 Å². The van der Waals surface area contributed by atoms with Crippen LogP contribution in [0.5, 0.6) is 0 Å². The first-order chi connectivity index (χ1) is 7.58. The van der Waals surface area contributed by atoms with Gasteiger partial charge in [-0.2, -0.15) is 0 Å². The molecule has 3 heteroatoms. The maximum absolute atomic E-state index is 5.06. The molecule has 0 amide bonds. The van der Waals surface area contributed by atoms with Crippen molar-refractivity contribution in [3.05, 3.63) is 24.2 Å². The fraction of sp³-hybridized carbons (Fsp3) is 0.692. The molecule has 0 saturated carbocycles. The van der Waals surface area contributed by atoms with Crippen molar-refractivity contribution in [3.8, 4) is 0 Å². The van der Waals surface area contributed by atoms with Crippen molar-refractivity contribution in [3.63, 3.8) is 0 Å². The van der Waals surface area contributed by atoms with Gasteiger partial charge in [-0.1, -0.05) is 13.8 Å². The average Bonchev–Trinajstić information content (AvgIpc) is 2.64. The second-order valence-electron chi connectivity index (χ2n) is 5.10. The van der Waals surface area contributed by atoms with Crippen LogP contribution < -0.4 is 5.32 Å². The van der Waals surface area contributed by atoms with Crippen molar-refractivity contribution in [2.75, 3.05) is 20.6 Å². The van der Waals surface area contributed by atoms with E-state index in [-0.39, 0.29) is 0 Å². The number of nitrogens with zero attached hydrogens (tertiary/aromatic N) is 1. The predicted octanol–water partition coefficient (Wildman–Crippen LogP) is 2.35. The van der Waals surface area contributed by atoms with Gasteiger partial charge in [-0.25, -0.2) is 0 Å². The first kappa shape index (κ1) is 13.3. The summed E-state index contributed by atoms with van der Waals surface area (Å²) >= 11 is 0. The van der Waals surface area contributed by atoms with Crippen LogP contribution in [0.25, 0.3) is 0 Å². The lowest BCUT2D eigenvalue weighted by Gasteiger charge is -2.23. The largest absolute Gasteiger partial charge is 0.472 e. The topological polar surface area (TPSA) is 28.4 Å².